The van der Waals surface area contributed by atoms with Gasteiger partial charge in [-0.1, -0.05) is 43.5 Å². The third-order valence-corrected chi connectivity index (χ3v) is 13.4. The second-order valence-corrected chi connectivity index (χ2v) is 17.1. The van der Waals surface area contributed by atoms with Crippen LogP contribution in [0.2, 0.25) is 0 Å². The van der Waals surface area contributed by atoms with Crippen molar-refractivity contribution in [2.75, 3.05) is 52.4 Å². The number of fused-ring (bicyclic) bond motifs is 4. The minimum absolute atomic E-state index is 0.00349. The van der Waals surface area contributed by atoms with E-state index in [1.807, 2.05) is 17.0 Å². The first-order chi connectivity index (χ1) is 26.7. The molecule has 6 fully saturated rings. The molecule has 11 nitrogen and oxygen atoms in total. The molecule has 1 aromatic heterocycles. The highest BCUT2D eigenvalue weighted by Crippen LogP contribution is 2.48. The van der Waals surface area contributed by atoms with Gasteiger partial charge in [0, 0.05) is 44.4 Å². The Balaban J connectivity index is 0.768. The lowest BCUT2D eigenvalue weighted by atomic mass is 9.67. The average molecular weight is 755 g/mol. The third-order valence-electron chi connectivity index (χ3n) is 13.4. The summed E-state index contributed by atoms with van der Waals surface area (Å²) in [5.74, 6) is 0.421. The highest BCUT2D eigenvalue weighted by molar-refractivity contribution is 5.95. The summed E-state index contributed by atoms with van der Waals surface area (Å²) in [5.41, 5.74) is 0.820. The SMILES string of the molecule is O=C(CC1CCCCC1)NC12CCC(CC3CCN(CC(=O)N4CCN(C(=O)c5cc(Cc6n[nH]c(=O)c7ccccc67)ccc5F)CC4)CC3)(CC1)OC2. The van der Waals surface area contributed by atoms with Crippen molar-refractivity contribution in [3.8, 4) is 0 Å². The zero-order valence-electron chi connectivity index (χ0n) is 32.0. The molecule has 294 valence electrons. The van der Waals surface area contributed by atoms with Crippen molar-refractivity contribution in [1.29, 1.82) is 0 Å². The molecular weight excluding hydrogens is 700 g/mol. The molecule has 2 N–H and O–H groups in total. The van der Waals surface area contributed by atoms with Crippen LogP contribution in [0.3, 0.4) is 0 Å². The van der Waals surface area contributed by atoms with Crippen molar-refractivity contribution >= 4 is 28.5 Å². The highest BCUT2D eigenvalue weighted by atomic mass is 19.1. The standard InChI is InChI=1S/C43H55FN6O5/c44-36-11-10-32(25-37-33-8-4-5-9-34(33)40(53)47-46-37)24-35(36)41(54)50-22-20-49(21-23-50)39(52)28-48-18-12-31(13-19-48)27-43-16-14-42(15-17-43,29-55-43)45-38(51)26-30-6-2-1-3-7-30/h4-5,8-11,24,30-31H,1-3,6-7,12-23,25-29H2,(H,45,51)(H,47,53). The number of rotatable bonds is 10. The number of carbonyl (C=O) groups is 3. The minimum atomic E-state index is -0.588. The molecular formula is C43H55FN6O5. The normalized spacial score (nSPS) is 25.3. The zero-order chi connectivity index (χ0) is 38.0. The van der Waals surface area contributed by atoms with E-state index in [1.165, 1.54) is 38.2 Å². The molecule has 2 aromatic carbocycles. The molecule has 3 amide bonds. The van der Waals surface area contributed by atoms with Gasteiger partial charge in [0.2, 0.25) is 11.8 Å². The van der Waals surface area contributed by atoms with E-state index in [2.05, 4.69) is 20.4 Å². The Bertz CT molecular complexity index is 1920. The topological polar surface area (TPSA) is 128 Å². The smallest absolute Gasteiger partial charge is 0.272 e. The fourth-order valence-corrected chi connectivity index (χ4v) is 10.0. The number of carbonyl (C=O) groups excluding carboxylic acids is 3. The summed E-state index contributed by atoms with van der Waals surface area (Å²) in [6, 6.07) is 11.7. The van der Waals surface area contributed by atoms with Gasteiger partial charge in [-0.05, 0) is 106 Å². The van der Waals surface area contributed by atoms with Crippen molar-refractivity contribution < 1.29 is 23.5 Å². The Labute approximate surface area is 322 Å². The summed E-state index contributed by atoms with van der Waals surface area (Å²) >= 11 is 0. The first-order valence-corrected chi connectivity index (χ1v) is 20.7. The zero-order valence-corrected chi connectivity index (χ0v) is 32.0. The summed E-state index contributed by atoms with van der Waals surface area (Å²) in [5, 5.41) is 11.4. The van der Waals surface area contributed by atoms with Gasteiger partial charge in [0.15, 0.2) is 0 Å². The van der Waals surface area contributed by atoms with E-state index in [0.29, 0.717) is 80.7 Å². The number of piperidine rings is 1. The van der Waals surface area contributed by atoms with Gasteiger partial charge in [0.1, 0.15) is 5.82 Å². The number of nitrogens with one attached hydrogen (secondary N) is 2. The van der Waals surface area contributed by atoms with Crippen molar-refractivity contribution in [2.45, 2.75) is 101 Å². The Hall–Kier alpha value is -4.16. The minimum Gasteiger partial charge on any atom is -0.373 e. The maximum atomic E-state index is 15.0. The highest BCUT2D eigenvalue weighted by Gasteiger charge is 2.51. The van der Waals surface area contributed by atoms with Gasteiger partial charge in [-0.25, -0.2) is 9.49 Å². The molecule has 3 aromatic rings. The molecule has 2 saturated carbocycles. The number of benzene rings is 2. The monoisotopic (exact) mass is 754 g/mol. The van der Waals surface area contributed by atoms with Crippen molar-refractivity contribution in [3.63, 3.8) is 0 Å². The van der Waals surface area contributed by atoms with Gasteiger partial charge in [-0.2, -0.15) is 5.10 Å². The summed E-state index contributed by atoms with van der Waals surface area (Å²) in [6.45, 7) is 4.28. The fraction of sp³-hybridized carbons (Fsp3) is 0.605. The molecule has 2 bridgehead atoms. The molecule has 55 heavy (non-hydrogen) atoms. The molecule has 0 radical (unpaired) electrons. The predicted octanol–water partition coefficient (Wildman–Crippen LogP) is 5.21. The van der Waals surface area contributed by atoms with Crippen LogP contribution in [-0.2, 0) is 20.7 Å². The van der Waals surface area contributed by atoms with Gasteiger partial charge >= 0.3 is 0 Å². The molecule has 0 atom stereocenters. The summed E-state index contributed by atoms with van der Waals surface area (Å²) in [4.78, 5) is 57.7. The Kier molecular flexibility index (Phi) is 11.1. The maximum Gasteiger partial charge on any atom is 0.272 e. The van der Waals surface area contributed by atoms with Crippen LogP contribution in [0.1, 0.15) is 105 Å². The number of hydrogen-bond donors (Lipinski definition) is 2. The van der Waals surface area contributed by atoms with Crippen LogP contribution in [0, 0.1) is 17.7 Å². The summed E-state index contributed by atoms with van der Waals surface area (Å²) in [7, 11) is 0. The maximum absolute atomic E-state index is 15.0. The van der Waals surface area contributed by atoms with E-state index in [9.17, 15) is 19.2 Å². The van der Waals surface area contributed by atoms with Crippen molar-refractivity contribution in [3.05, 3.63) is 75.5 Å². The number of H-pyrrole nitrogens is 1. The van der Waals surface area contributed by atoms with Crippen LogP contribution in [-0.4, -0.2) is 106 Å². The van der Waals surface area contributed by atoms with Crippen LogP contribution >= 0.6 is 0 Å². The van der Waals surface area contributed by atoms with E-state index in [-0.39, 0.29) is 34.1 Å². The number of ether oxygens (including phenoxy) is 1. The first-order valence-electron chi connectivity index (χ1n) is 20.7. The van der Waals surface area contributed by atoms with Crippen LogP contribution in [0.5, 0.6) is 0 Å². The number of aromatic amines is 1. The van der Waals surface area contributed by atoms with Gasteiger partial charge in [0.25, 0.3) is 11.5 Å². The number of nitrogens with zero attached hydrogens (tertiary/aromatic N) is 4. The van der Waals surface area contributed by atoms with E-state index >= 15 is 4.39 Å². The van der Waals surface area contributed by atoms with Gasteiger partial charge < -0.3 is 19.9 Å². The van der Waals surface area contributed by atoms with Crippen molar-refractivity contribution in [1.82, 2.24) is 30.2 Å². The third kappa shape index (κ3) is 8.50. The second kappa shape index (κ2) is 16.1. The fourth-order valence-electron chi connectivity index (χ4n) is 10.0. The number of amides is 3. The van der Waals surface area contributed by atoms with Crippen molar-refractivity contribution in [2.24, 2.45) is 11.8 Å². The number of halogens is 1. The number of likely N-dealkylation sites (tertiary alicyclic amines) is 1. The summed E-state index contributed by atoms with van der Waals surface area (Å²) in [6.07, 6.45) is 14.4. The summed E-state index contributed by atoms with van der Waals surface area (Å²) < 4.78 is 21.6. The second-order valence-electron chi connectivity index (χ2n) is 17.1. The molecule has 5 heterocycles. The largest absolute Gasteiger partial charge is 0.373 e. The lowest BCUT2D eigenvalue weighted by Crippen LogP contribution is -2.63. The molecule has 2 aliphatic carbocycles. The van der Waals surface area contributed by atoms with E-state index in [4.69, 9.17) is 4.74 Å². The van der Waals surface area contributed by atoms with Crippen LogP contribution in [0.4, 0.5) is 4.39 Å². The molecule has 0 unspecified atom stereocenters. The lowest BCUT2D eigenvalue weighted by Gasteiger charge is -2.54. The average Bonchev–Trinajstić information content (AvgIpc) is 3.21. The van der Waals surface area contributed by atoms with Crippen LogP contribution in [0.25, 0.3) is 10.8 Å². The number of hydrogen-bond acceptors (Lipinski definition) is 7. The first kappa shape index (κ1) is 37.7. The molecule has 4 aliphatic heterocycles. The Morgan fingerprint density at radius 1 is 0.855 bits per heavy atom. The Morgan fingerprint density at radius 2 is 1.56 bits per heavy atom. The Morgan fingerprint density at radius 3 is 2.27 bits per heavy atom. The van der Waals surface area contributed by atoms with Gasteiger partial charge in [-0.15, -0.1) is 0 Å². The quantitative estimate of drug-likeness (QED) is 0.291. The van der Waals surface area contributed by atoms with Crippen LogP contribution in [0.15, 0.2) is 47.3 Å². The van der Waals surface area contributed by atoms with E-state index in [1.54, 1.807) is 29.2 Å². The van der Waals surface area contributed by atoms with E-state index < -0.39 is 11.7 Å². The number of aromatic nitrogens is 2. The van der Waals surface area contributed by atoms with E-state index in [0.717, 1.165) is 63.4 Å². The molecule has 4 saturated heterocycles. The molecule has 0 spiro atoms. The molecule has 6 aliphatic rings. The predicted molar refractivity (Wildman–Crippen MR) is 207 cm³/mol. The van der Waals surface area contributed by atoms with Crippen LogP contribution < -0.4 is 10.9 Å². The molecule has 9 rings (SSSR count). The lowest BCUT2D eigenvalue weighted by molar-refractivity contribution is -0.176. The number of piperazine rings is 1. The van der Waals surface area contributed by atoms with Gasteiger partial charge in [0.05, 0.1) is 40.9 Å². The van der Waals surface area contributed by atoms with Gasteiger partial charge in [-0.3, -0.25) is 24.1 Å². The molecule has 12 heteroatoms.